The van der Waals surface area contributed by atoms with Crippen molar-refractivity contribution < 1.29 is 82.4 Å². The van der Waals surface area contributed by atoms with Crippen LogP contribution in [-0.4, -0.2) is 294 Å². The highest BCUT2D eigenvalue weighted by Gasteiger charge is 2.39. The molecule has 138 heavy (non-hydrogen) atoms. The third-order valence-corrected chi connectivity index (χ3v) is 30.5. The van der Waals surface area contributed by atoms with Gasteiger partial charge in [0, 0.05) is 186 Å². The van der Waals surface area contributed by atoms with Gasteiger partial charge in [-0.25, -0.2) is 40.2 Å². The molecule has 16 rings (SSSR count). The molecule has 0 bridgehead atoms. The van der Waals surface area contributed by atoms with E-state index >= 15 is 0 Å². The van der Waals surface area contributed by atoms with E-state index in [0.29, 0.717) is 158 Å². The number of likely N-dealkylation sites (tertiary alicyclic amines) is 4. The number of carbonyl (C=O) groups excluding carboxylic acids is 6. The summed E-state index contributed by atoms with van der Waals surface area (Å²) < 4.78 is 109. The molecule has 36 nitrogen and oxygen atoms in total. The van der Waals surface area contributed by atoms with Gasteiger partial charge < -0.3 is 83.8 Å². The maximum absolute atomic E-state index is 13.4. The molecule has 4 saturated heterocycles. The van der Waals surface area contributed by atoms with E-state index in [9.17, 15) is 54.0 Å². The van der Waals surface area contributed by atoms with Crippen molar-refractivity contribution >= 4 is 116 Å². The Morgan fingerprint density at radius 1 is 0.413 bits per heavy atom. The highest BCUT2D eigenvalue weighted by Crippen LogP contribution is 2.37. The van der Waals surface area contributed by atoms with Gasteiger partial charge in [-0.3, -0.25) is 33.7 Å². The fourth-order valence-corrected chi connectivity index (χ4v) is 21.2. The van der Waals surface area contributed by atoms with Crippen LogP contribution in [-0.2, 0) is 72.5 Å². The summed E-state index contributed by atoms with van der Waals surface area (Å²) in [7, 11) is -5.36. The Balaban J connectivity index is 0.000000165. The summed E-state index contributed by atoms with van der Waals surface area (Å²) in [5, 5.41) is 16.1. The zero-order valence-corrected chi connectivity index (χ0v) is 83.0. The fourth-order valence-electron chi connectivity index (χ4n) is 19.3. The van der Waals surface area contributed by atoms with Crippen LogP contribution in [0.1, 0.15) is 168 Å². The van der Waals surface area contributed by atoms with Crippen LogP contribution in [0.5, 0.6) is 17.2 Å². The van der Waals surface area contributed by atoms with Crippen molar-refractivity contribution in [3.8, 4) is 34.7 Å². The molecule has 6 N–H and O–H groups in total. The number of benzene rings is 3. The molecule has 3 amide bonds. The topological polar surface area (TPSA) is 439 Å². The van der Waals surface area contributed by atoms with Crippen LogP contribution in [0.15, 0.2) is 128 Å². The second-order valence-corrected chi connectivity index (χ2v) is 45.0. The number of carbonyl (C=O) groups is 6. The first-order valence-corrected chi connectivity index (χ1v) is 55.0. The van der Waals surface area contributed by atoms with Gasteiger partial charge >= 0.3 is 17.9 Å². The maximum atomic E-state index is 13.4. The molecular weight excluding hydrogens is 1830 g/mol. The standard InChI is InChI=1S/C34H46N6O6S.C33H46N6O6S.C32H44N6O6S/c1-38-18-4-7-29(38)33(42)46-26-14-19-39(20-15-26)32(41)24-9-11-25(12-10-24)36-34-35-17-13-31(37-34)40-21-16-27-28(40)6-3-8-30(27)45-22-5-23-47(2,43)44;1-22(2)30(34)32(41)45-25-13-17-38(18-14-25)31(40)23-8-10-24(11-9-23)36-33-35-16-12-29(37-33)39-19-15-26-27(39)6-4-7-28(26)44-20-5-21-46(3,42)43;1-22(33-2)31(40)44-25-13-17-37(18-14-25)30(39)23-8-10-24(11-9-23)35-32-34-16-12-29(36-32)38-19-15-26-27(38)6-4-7-28(26)43-20-5-21-45(3,41)42/h3,6,8,13,16-17,21,24-26,29H,4-5,7,9-12,14-15,18-20,22-23H2,1-2H3,(H,35,36,37);4,6-7,12,15-16,19,22-25,30H,5,8-11,13-14,17-18,20-21,34H2,1-3H3,(H,35,36,37);4,6-7,12,15-16,19,22-25,33H,5,8-11,13-14,17-18,20-21H2,1-3H3,(H,34,35,36)/t24?,25?,29-;23?,24?,30-;22-,23?,24?/m100/s1. The Labute approximate surface area is 808 Å². The van der Waals surface area contributed by atoms with E-state index in [1.165, 1.54) is 18.8 Å². The number of nitrogens with one attached hydrogen (secondary N) is 4. The smallest absolute Gasteiger partial charge is 0.323 e. The van der Waals surface area contributed by atoms with E-state index in [1.807, 2.05) is 159 Å². The Morgan fingerprint density at radius 3 is 1.03 bits per heavy atom. The summed E-state index contributed by atoms with van der Waals surface area (Å²) in [6.45, 7) is 11.2. The molecule has 9 aromatic rings. The predicted molar refractivity (Wildman–Crippen MR) is 528 cm³/mol. The average molecular weight is 1960 g/mol. The van der Waals surface area contributed by atoms with Crippen LogP contribution in [0.25, 0.3) is 50.2 Å². The first kappa shape index (κ1) is 103. The van der Waals surface area contributed by atoms with Gasteiger partial charge in [0.25, 0.3) is 0 Å². The lowest BCUT2D eigenvalue weighted by Gasteiger charge is -2.36. The van der Waals surface area contributed by atoms with E-state index in [1.54, 1.807) is 32.6 Å². The number of piperidine rings is 3. The molecule has 10 heterocycles. The fraction of sp³-hybridized carbons (Fsp3) is 0.576. The number of hydrogen-bond acceptors (Lipinski definition) is 30. The summed E-state index contributed by atoms with van der Waals surface area (Å²) in [4.78, 5) is 112. The molecule has 6 aromatic heterocycles. The first-order valence-electron chi connectivity index (χ1n) is 48.9. The zero-order valence-electron chi connectivity index (χ0n) is 80.6. The van der Waals surface area contributed by atoms with Crippen LogP contribution in [0, 0.1) is 23.7 Å². The van der Waals surface area contributed by atoms with Crippen molar-refractivity contribution in [1.82, 2.24) is 68.5 Å². The Bertz CT molecular complexity index is 5990. The molecule has 3 saturated carbocycles. The molecule has 3 atom stereocenters. The molecule has 4 aliphatic heterocycles. The van der Waals surface area contributed by atoms with Crippen molar-refractivity contribution in [3.63, 3.8) is 0 Å². The first-order chi connectivity index (χ1) is 66.2. The molecule has 0 unspecified atom stereocenters. The minimum Gasteiger partial charge on any atom is -0.493 e. The van der Waals surface area contributed by atoms with Crippen molar-refractivity contribution in [2.75, 3.05) is 132 Å². The third-order valence-electron chi connectivity index (χ3n) is 27.4. The molecule has 3 aromatic carbocycles. The number of aromatic nitrogens is 9. The second kappa shape index (κ2) is 47.7. The number of amides is 3. The largest absolute Gasteiger partial charge is 0.493 e. The zero-order chi connectivity index (χ0) is 97.8. The van der Waals surface area contributed by atoms with Gasteiger partial charge in [0.2, 0.25) is 35.6 Å². The Kier molecular flexibility index (Phi) is 35.5. The molecular formula is C99H136N18O18S3. The number of ether oxygens (including phenoxy) is 6. The lowest BCUT2D eigenvalue weighted by Crippen LogP contribution is -2.46. The summed E-state index contributed by atoms with van der Waals surface area (Å²) in [5.41, 5.74) is 8.70. The van der Waals surface area contributed by atoms with Crippen molar-refractivity contribution in [2.45, 2.75) is 223 Å². The normalized spacial score (nSPS) is 21.0. The lowest BCUT2D eigenvalue weighted by atomic mass is 9.85. The van der Waals surface area contributed by atoms with Gasteiger partial charge in [0.15, 0.2) is 0 Å². The molecule has 7 aliphatic rings. The van der Waals surface area contributed by atoms with E-state index < -0.39 is 35.6 Å². The maximum Gasteiger partial charge on any atom is 0.323 e. The van der Waals surface area contributed by atoms with Crippen molar-refractivity contribution in [3.05, 3.63) is 128 Å². The van der Waals surface area contributed by atoms with Gasteiger partial charge in [-0.15, -0.1) is 0 Å². The molecule has 748 valence electrons. The van der Waals surface area contributed by atoms with Gasteiger partial charge in [-0.05, 0) is 215 Å². The summed E-state index contributed by atoms with van der Waals surface area (Å²) in [6, 6.07) is 28.3. The van der Waals surface area contributed by atoms with Gasteiger partial charge in [-0.2, -0.15) is 15.0 Å². The third kappa shape index (κ3) is 28.4. The van der Waals surface area contributed by atoms with Gasteiger partial charge in [-0.1, -0.05) is 32.0 Å². The van der Waals surface area contributed by atoms with Crippen LogP contribution < -0.4 is 41.2 Å². The van der Waals surface area contributed by atoms with Crippen LogP contribution in [0.2, 0.25) is 0 Å². The predicted octanol–water partition coefficient (Wildman–Crippen LogP) is 10.9. The number of nitrogens with two attached hydrogens (primary N) is 1. The van der Waals surface area contributed by atoms with E-state index in [4.69, 9.17) is 49.1 Å². The van der Waals surface area contributed by atoms with Crippen LogP contribution in [0.3, 0.4) is 0 Å². The van der Waals surface area contributed by atoms with Crippen molar-refractivity contribution in [2.24, 2.45) is 29.4 Å². The summed E-state index contributed by atoms with van der Waals surface area (Å²) in [6.07, 6.45) is 31.5. The SMILES string of the molecule is CC(C)[C@H](N)C(=O)OC1CCN(C(=O)C2CCC(Nc3nccc(-n4ccc5c(OCCCS(C)(=O)=O)cccc54)n3)CC2)CC1.CN1CCC[C@@H]1C(=O)OC1CCN(C(=O)C2CCC(Nc3nccc(-n4ccc5c(OCCCS(C)(=O)=O)cccc54)n3)CC2)CC1.CN[C@@H](C)C(=O)OC1CCN(C(=O)C2CCC(Nc3nccc(-n4ccc5c(OCCCS(C)(=O)=O)cccc54)n3)CC2)CC1. The molecule has 0 radical (unpaired) electrons. The molecule has 39 heteroatoms. The number of rotatable bonds is 35. The average Bonchev–Trinajstić information content (AvgIpc) is 1.65. The number of hydrogen-bond donors (Lipinski definition) is 5. The minimum atomic E-state index is -3.02. The number of fused-ring (bicyclic) bond motifs is 3. The minimum absolute atomic E-state index is 0.00667. The molecule has 3 aliphatic carbocycles. The van der Waals surface area contributed by atoms with E-state index in [0.717, 1.165) is 141 Å². The van der Waals surface area contributed by atoms with Crippen LogP contribution in [0.4, 0.5) is 17.8 Å². The molecule has 7 fully saturated rings. The van der Waals surface area contributed by atoms with E-state index in [-0.39, 0.29) is 125 Å². The van der Waals surface area contributed by atoms with E-state index in [2.05, 4.69) is 41.1 Å². The number of esters is 3. The Morgan fingerprint density at radius 2 is 0.732 bits per heavy atom. The highest BCUT2D eigenvalue weighted by molar-refractivity contribution is 7.91. The Hall–Kier alpha value is -11.1. The van der Waals surface area contributed by atoms with Gasteiger partial charge in [0.1, 0.15) is 101 Å². The van der Waals surface area contributed by atoms with Crippen molar-refractivity contribution in [1.29, 1.82) is 0 Å². The lowest BCUT2D eigenvalue weighted by molar-refractivity contribution is -0.158. The summed E-state index contributed by atoms with van der Waals surface area (Å²) >= 11 is 0. The number of sulfone groups is 3. The highest BCUT2D eigenvalue weighted by atomic mass is 32.2. The number of nitrogens with zero attached hydrogens (tertiary/aromatic N) is 13. The second-order valence-electron chi connectivity index (χ2n) is 38.2. The summed E-state index contributed by atoms with van der Waals surface area (Å²) in [5.74, 6) is 6.10. The van der Waals surface area contributed by atoms with Crippen LogP contribution >= 0.6 is 0 Å². The number of likely N-dealkylation sites (N-methyl/N-ethyl adjacent to an activating group) is 2. The quantitative estimate of drug-likeness (QED) is 0.0140. The monoisotopic (exact) mass is 1960 g/mol. The molecule has 0 spiro atoms. The number of anilines is 3. The van der Waals surface area contributed by atoms with Gasteiger partial charge in [0.05, 0.1) is 53.6 Å².